The molecule has 0 saturated carbocycles. The third-order valence-corrected chi connectivity index (χ3v) is 4.28. The molecule has 0 radical (unpaired) electrons. The molecule has 1 fully saturated rings. The molecule has 1 amide bonds. The minimum atomic E-state index is -0.437. The van der Waals surface area contributed by atoms with E-state index < -0.39 is 6.04 Å². The molecule has 6 heteroatoms. The number of aromatic nitrogens is 2. The molecular weight excluding hydrogens is 270 g/mol. The van der Waals surface area contributed by atoms with Gasteiger partial charge in [0.15, 0.2) is 0 Å². The van der Waals surface area contributed by atoms with Crippen molar-refractivity contribution >= 4 is 11.9 Å². The Kier molecular flexibility index (Phi) is 4.65. The van der Waals surface area contributed by atoms with Gasteiger partial charge in [-0.3, -0.25) is 9.48 Å². The Hall–Kier alpha value is -1.85. The number of ether oxygens (including phenoxy) is 1. The summed E-state index contributed by atoms with van der Waals surface area (Å²) in [7, 11) is 3.24. The summed E-state index contributed by atoms with van der Waals surface area (Å²) in [5, 5.41) is 4.33. The number of nitrogens with zero attached hydrogens (tertiary/aromatic N) is 3. The first kappa shape index (κ1) is 15.5. The second-order valence-electron chi connectivity index (χ2n) is 5.57. The summed E-state index contributed by atoms with van der Waals surface area (Å²) in [6, 6.07) is -0.437. The third-order valence-electron chi connectivity index (χ3n) is 4.28. The lowest BCUT2D eigenvalue weighted by Crippen LogP contribution is -2.49. The number of amides is 1. The molecule has 0 N–H and O–H groups in total. The summed E-state index contributed by atoms with van der Waals surface area (Å²) in [6.45, 7) is 4.48. The maximum Gasteiger partial charge on any atom is 0.328 e. The highest BCUT2D eigenvalue weighted by molar-refractivity contribution is 5.86. The Labute approximate surface area is 125 Å². The summed E-state index contributed by atoms with van der Waals surface area (Å²) in [5.74, 6) is -0.341. The van der Waals surface area contributed by atoms with Gasteiger partial charge in [0.1, 0.15) is 6.04 Å². The molecule has 1 unspecified atom stereocenters. The molecule has 0 spiro atoms. The maximum atomic E-state index is 12.6. The van der Waals surface area contributed by atoms with Crippen molar-refractivity contribution in [2.45, 2.75) is 45.6 Å². The molecule has 21 heavy (non-hydrogen) atoms. The molecule has 0 aliphatic carbocycles. The van der Waals surface area contributed by atoms with E-state index in [0.717, 1.165) is 29.8 Å². The summed E-state index contributed by atoms with van der Waals surface area (Å²) >= 11 is 0. The van der Waals surface area contributed by atoms with Crippen LogP contribution in [-0.2, 0) is 27.8 Å². The molecule has 1 aliphatic heterocycles. The number of hydrogen-bond acceptors (Lipinski definition) is 4. The van der Waals surface area contributed by atoms with Gasteiger partial charge in [0, 0.05) is 24.8 Å². The fourth-order valence-corrected chi connectivity index (χ4v) is 2.94. The van der Waals surface area contributed by atoms with Gasteiger partial charge in [-0.05, 0) is 33.1 Å². The first-order valence-electron chi connectivity index (χ1n) is 7.32. The van der Waals surface area contributed by atoms with Crippen molar-refractivity contribution in [3.63, 3.8) is 0 Å². The van der Waals surface area contributed by atoms with Crippen LogP contribution in [0.15, 0.2) is 0 Å². The largest absolute Gasteiger partial charge is 0.467 e. The first-order valence-corrected chi connectivity index (χ1v) is 7.32. The Morgan fingerprint density at radius 3 is 2.62 bits per heavy atom. The van der Waals surface area contributed by atoms with Crippen molar-refractivity contribution in [2.24, 2.45) is 7.05 Å². The van der Waals surface area contributed by atoms with E-state index in [0.29, 0.717) is 19.4 Å². The average Bonchev–Trinajstić information content (AvgIpc) is 2.72. The molecule has 6 nitrogen and oxygen atoms in total. The fraction of sp³-hybridized carbons (Fsp3) is 0.667. The summed E-state index contributed by atoms with van der Waals surface area (Å²) in [5.41, 5.74) is 2.82. The summed E-state index contributed by atoms with van der Waals surface area (Å²) in [6.07, 6.45) is 2.86. The number of piperidine rings is 1. The van der Waals surface area contributed by atoms with Crippen LogP contribution in [0.4, 0.5) is 0 Å². The zero-order valence-corrected chi connectivity index (χ0v) is 13.2. The molecular formula is C15H23N3O3. The van der Waals surface area contributed by atoms with Crippen LogP contribution in [0.3, 0.4) is 0 Å². The van der Waals surface area contributed by atoms with Crippen molar-refractivity contribution < 1.29 is 14.3 Å². The lowest BCUT2D eigenvalue weighted by molar-refractivity contribution is -0.154. The lowest BCUT2D eigenvalue weighted by atomic mass is 10.0. The smallest absolute Gasteiger partial charge is 0.328 e. The van der Waals surface area contributed by atoms with Gasteiger partial charge >= 0.3 is 5.97 Å². The second-order valence-corrected chi connectivity index (χ2v) is 5.57. The van der Waals surface area contributed by atoms with Gasteiger partial charge in [0.2, 0.25) is 5.91 Å². The maximum absolute atomic E-state index is 12.6. The highest BCUT2D eigenvalue weighted by Gasteiger charge is 2.33. The van der Waals surface area contributed by atoms with Crippen LogP contribution in [0.5, 0.6) is 0 Å². The Balaban J connectivity index is 2.16. The average molecular weight is 293 g/mol. The van der Waals surface area contributed by atoms with Crippen LogP contribution < -0.4 is 0 Å². The van der Waals surface area contributed by atoms with Crippen LogP contribution in [0.1, 0.15) is 36.2 Å². The number of rotatable bonds is 3. The highest BCUT2D eigenvalue weighted by Crippen LogP contribution is 2.21. The van der Waals surface area contributed by atoms with Crippen molar-refractivity contribution in [3.05, 3.63) is 17.0 Å². The van der Waals surface area contributed by atoms with Crippen LogP contribution in [-0.4, -0.2) is 46.3 Å². The molecule has 2 heterocycles. The summed E-state index contributed by atoms with van der Waals surface area (Å²) in [4.78, 5) is 26.1. The van der Waals surface area contributed by atoms with Crippen LogP contribution in [0.2, 0.25) is 0 Å². The van der Waals surface area contributed by atoms with Crippen LogP contribution in [0, 0.1) is 13.8 Å². The van der Waals surface area contributed by atoms with E-state index in [1.165, 1.54) is 7.11 Å². The first-order chi connectivity index (χ1) is 9.95. The van der Waals surface area contributed by atoms with Crippen molar-refractivity contribution in [2.75, 3.05) is 13.7 Å². The SMILES string of the molecule is COC(=O)C1CCCCN1C(=O)Cc1c(C)nn(C)c1C. The van der Waals surface area contributed by atoms with Gasteiger partial charge in [-0.15, -0.1) is 0 Å². The van der Waals surface area contributed by atoms with E-state index in [-0.39, 0.29) is 11.9 Å². The van der Waals surface area contributed by atoms with Gasteiger partial charge < -0.3 is 9.64 Å². The molecule has 0 aromatic carbocycles. The normalized spacial score (nSPS) is 18.7. The minimum absolute atomic E-state index is 0.0238. The van der Waals surface area contributed by atoms with E-state index >= 15 is 0 Å². The van der Waals surface area contributed by atoms with Gasteiger partial charge in [-0.2, -0.15) is 5.10 Å². The number of aryl methyl sites for hydroxylation is 2. The molecule has 0 bridgehead atoms. The lowest BCUT2D eigenvalue weighted by Gasteiger charge is -2.33. The van der Waals surface area contributed by atoms with E-state index in [4.69, 9.17) is 4.74 Å². The highest BCUT2D eigenvalue weighted by atomic mass is 16.5. The second kappa shape index (κ2) is 6.28. The zero-order valence-electron chi connectivity index (χ0n) is 13.2. The molecule has 116 valence electrons. The van der Waals surface area contributed by atoms with Gasteiger partial charge in [-0.1, -0.05) is 0 Å². The van der Waals surface area contributed by atoms with E-state index in [2.05, 4.69) is 5.10 Å². The van der Waals surface area contributed by atoms with Gasteiger partial charge in [0.05, 0.1) is 19.2 Å². The molecule has 1 aromatic heterocycles. The monoisotopic (exact) mass is 293 g/mol. The van der Waals surface area contributed by atoms with Crippen molar-refractivity contribution in [3.8, 4) is 0 Å². The number of esters is 1. The summed E-state index contributed by atoms with van der Waals surface area (Å²) < 4.78 is 6.61. The standard InChI is InChI=1S/C15H23N3O3/c1-10-12(11(2)17(3)16-10)9-14(19)18-8-6-5-7-13(18)15(20)21-4/h13H,5-9H2,1-4H3. The Morgan fingerprint density at radius 1 is 1.33 bits per heavy atom. The number of methoxy groups -OCH3 is 1. The molecule has 1 saturated heterocycles. The number of likely N-dealkylation sites (tertiary alicyclic amines) is 1. The topological polar surface area (TPSA) is 64.4 Å². The van der Waals surface area contributed by atoms with Crippen LogP contribution >= 0.6 is 0 Å². The van der Waals surface area contributed by atoms with Crippen molar-refractivity contribution in [1.29, 1.82) is 0 Å². The van der Waals surface area contributed by atoms with Gasteiger partial charge in [0.25, 0.3) is 0 Å². The fourth-order valence-electron chi connectivity index (χ4n) is 2.94. The number of carbonyl (C=O) groups excluding carboxylic acids is 2. The Bertz CT molecular complexity index is 551. The van der Waals surface area contributed by atoms with Crippen LogP contribution in [0.25, 0.3) is 0 Å². The quantitative estimate of drug-likeness (QED) is 0.784. The molecule has 1 aromatic rings. The predicted molar refractivity (Wildman–Crippen MR) is 77.8 cm³/mol. The molecule has 1 atom stereocenters. The number of hydrogen-bond donors (Lipinski definition) is 0. The third kappa shape index (κ3) is 3.09. The minimum Gasteiger partial charge on any atom is -0.467 e. The molecule has 2 rings (SSSR count). The van der Waals surface area contributed by atoms with E-state index in [1.54, 1.807) is 9.58 Å². The van der Waals surface area contributed by atoms with E-state index in [9.17, 15) is 9.59 Å². The van der Waals surface area contributed by atoms with E-state index in [1.807, 2.05) is 20.9 Å². The van der Waals surface area contributed by atoms with Gasteiger partial charge in [-0.25, -0.2) is 4.79 Å². The zero-order chi connectivity index (χ0) is 15.6. The predicted octanol–water partition coefficient (Wildman–Crippen LogP) is 1.13. The Morgan fingerprint density at radius 2 is 2.05 bits per heavy atom. The number of carbonyl (C=O) groups is 2. The molecule has 1 aliphatic rings. The van der Waals surface area contributed by atoms with Crippen molar-refractivity contribution in [1.82, 2.24) is 14.7 Å².